The first kappa shape index (κ1) is 24.0. The summed E-state index contributed by atoms with van der Waals surface area (Å²) < 4.78 is 11.7. The van der Waals surface area contributed by atoms with Crippen molar-refractivity contribution in [3.05, 3.63) is 23.8 Å². The van der Waals surface area contributed by atoms with Crippen LogP contribution in [0.4, 0.5) is 10.5 Å². The first-order valence-electron chi connectivity index (χ1n) is 10.6. The van der Waals surface area contributed by atoms with Crippen LogP contribution in [0, 0.1) is 5.92 Å². The average Bonchev–Trinajstić information content (AvgIpc) is 2.72. The van der Waals surface area contributed by atoms with Gasteiger partial charge in [-0.25, -0.2) is 4.79 Å². The summed E-state index contributed by atoms with van der Waals surface area (Å²) in [5.74, 6) is 0.579. The highest BCUT2D eigenvalue weighted by molar-refractivity contribution is 5.98. The molecule has 0 saturated carbocycles. The van der Waals surface area contributed by atoms with E-state index in [-0.39, 0.29) is 30.0 Å². The van der Waals surface area contributed by atoms with E-state index in [1.54, 1.807) is 37.3 Å². The van der Waals surface area contributed by atoms with Gasteiger partial charge in [0.2, 0.25) is 0 Å². The molecule has 168 valence electrons. The number of hydrogen-bond donors (Lipinski definition) is 2. The van der Waals surface area contributed by atoms with Crippen molar-refractivity contribution in [2.45, 2.75) is 39.3 Å². The summed E-state index contributed by atoms with van der Waals surface area (Å²) in [6.45, 7) is 8.56. The molecule has 1 aliphatic rings. The van der Waals surface area contributed by atoms with Gasteiger partial charge in [-0.1, -0.05) is 13.8 Å². The van der Waals surface area contributed by atoms with E-state index < -0.39 is 0 Å². The number of amides is 3. The number of ether oxygens (including phenoxy) is 2. The van der Waals surface area contributed by atoms with Crippen LogP contribution < -0.4 is 15.4 Å². The van der Waals surface area contributed by atoms with E-state index in [2.05, 4.69) is 36.4 Å². The predicted molar refractivity (Wildman–Crippen MR) is 118 cm³/mol. The first-order valence-corrected chi connectivity index (χ1v) is 10.6. The van der Waals surface area contributed by atoms with Crippen LogP contribution >= 0.6 is 0 Å². The summed E-state index contributed by atoms with van der Waals surface area (Å²) in [7, 11) is 5.52. The normalized spacial score (nSPS) is 23.6. The van der Waals surface area contributed by atoms with E-state index in [0.717, 1.165) is 13.0 Å². The molecule has 0 bridgehead atoms. The van der Waals surface area contributed by atoms with Gasteiger partial charge in [-0.15, -0.1) is 0 Å². The van der Waals surface area contributed by atoms with Crippen molar-refractivity contribution in [3.8, 4) is 5.75 Å². The van der Waals surface area contributed by atoms with Gasteiger partial charge in [0.05, 0.1) is 11.7 Å². The zero-order valence-corrected chi connectivity index (χ0v) is 19.0. The number of benzene rings is 1. The first-order chi connectivity index (χ1) is 14.3. The number of nitrogens with one attached hydrogen (secondary N) is 2. The zero-order valence-electron chi connectivity index (χ0n) is 19.0. The SMILES string of the molecule is CCCNC(=O)Nc1ccc2c(c1)OC[C@H](C)N(C)C[C@H](C)[C@@H](OC)CN(C)C2=O. The lowest BCUT2D eigenvalue weighted by molar-refractivity contribution is 0.0150. The van der Waals surface area contributed by atoms with Crippen LogP contribution in [-0.4, -0.2) is 81.3 Å². The second-order valence-electron chi connectivity index (χ2n) is 8.13. The Bertz CT molecular complexity index is 727. The van der Waals surface area contributed by atoms with Gasteiger partial charge in [0.1, 0.15) is 12.4 Å². The Balaban J connectivity index is 2.32. The molecule has 0 aromatic heterocycles. The summed E-state index contributed by atoms with van der Waals surface area (Å²) in [5, 5.41) is 5.57. The third-order valence-electron chi connectivity index (χ3n) is 5.55. The number of fused-ring (bicyclic) bond motifs is 1. The van der Waals surface area contributed by atoms with Gasteiger partial charge in [0.15, 0.2) is 0 Å². The van der Waals surface area contributed by atoms with Gasteiger partial charge < -0.3 is 25.0 Å². The number of anilines is 1. The van der Waals surface area contributed by atoms with Crippen LogP contribution in [0.1, 0.15) is 37.6 Å². The fourth-order valence-electron chi connectivity index (χ4n) is 3.44. The molecule has 0 fully saturated rings. The molecule has 1 heterocycles. The molecule has 0 aliphatic carbocycles. The smallest absolute Gasteiger partial charge is 0.319 e. The van der Waals surface area contributed by atoms with Crippen molar-refractivity contribution in [3.63, 3.8) is 0 Å². The van der Waals surface area contributed by atoms with E-state index in [4.69, 9.17) is 9.47 Å². The second-order valence-corrected chi connectivity index (χ2v) is 8.13. The Morgan fingerprint density at radius 3 is 2.67 bits per heavy atom. The molecule has 0 spiro atoms. The fourth-order valence-corrected chi connectivity index (χ4v) is 3.44. The van der Waals surface area contributed by atoms with E-state index in [1.165, 1.54) is 0 Å². The van der Waals surface area contributed by atoms with Crippen LogP contribution in [-0.2, 0) is 4.74 Å². The predicted octanol–water partition coefficient (Wildman–Crippen LogP) is 2.65. The van der Waals surface area contributed by atoms with Crippen molar-refractivity contribution < 1.29 is 19.1 Å². The summed E-state index contributed by atoms with van der Waals surface area (Å²) >= 11 is 0. The molecule has 1 aromatic rings. The highest BCUT2D eigenvalue weighted by Gasteiger charge is 2.27. The van der Waals surface area contributed by atoms with E-state index in [1.807, 2.05) is 6.92 Å². The third kappa shape index (κ3) is 6.34. The molecule has 1 aromatic carbocycles. The zero-order chi connectivity index (χ0) is 22.3. The van der Waals surface area contributed by atoms with E-state index >= 15 is 0 Å². The van der Waals surface area contributed by atoms with E-state index in [9.17, 15) is 9.59 Å². The van der Waals surface area contributed by atoms with Crippen LogP contribution in [0.2, 0.25) is 0 Å². The Hall–Kier alpha value is -2.32. The van der Waals surface area contributed by atoms with Gasteiger partial charge in [-0.05, 0) is 38.4 Å². The fraction of sp³-hybridized carbons (Fsp3) is 0.636. The molecule has 3 atom stereocenters. The third-order valence-corrected chi connectivity index (χ3v) is 5.55. The number of carbonyl (C=O) groups excluding carboxylic acids is 2. The highest BCUT2D eigenvalue weighted by atomic mass is 16.5. The number of likely N-dealkylation sites (N-methyl/N-ethyl adjacent to an activating group) is 2. The van der Waals surface area contributed by atoms with Gasteiger partial charge in [-0.3, -0.25) is 9.69 Å². The summed E-state index contributed by atoms with van der Waals surface area (Å²) in [5.41, 5.74) is 1.05. The van der Waals surface area contributed by atoms with Crippen LogP contribution in [0.5, 0.6) is 5.75 Å². The van der Waals surface area contributed by atoms with Crippen molar-refractivity contribution in [1.82, 2.24) is 15.1 Å². The van der Waals surface area contributed by atoms with Gasteiger partial charge in [0, 0.05) is 51.6 Å². The number of hydrogen-bond acceptors (Lipinski definition) is 5. The molecule has 3 amide bonds. The molecule has 1 aliphatic heterocycles. The minimum atomic E-state index is -0.279. The maximum absolute atomic E-state index is 13.1. The minimum Gasteiger partial charge on any atom is -0.491 e. The van der Waals surface area contributed by atoms with Crippen molar-refractivity contribution in [2.24, 2.45) is 5.92 Å². The lowest BCUT2D eigenvalue weighted by Crippen LogP contribution is -2.45. The number of urea groups is 1. The van der Waals surface area contributed by atoms with Crippen molar-refractivity contribution in [2.75, 3.05) is 52.8 Å². The van der Waals surface area contributed by atoms with Crippen LogP contribution in [0.25, 0.3) is 0 Å². The largest absolute Gasteiger partial charge is 0.491 e. The van der Waals surface area contributed by atoms with Crippen molar-refractivity contribution >= 4 is 17.6 Å². The average molecular weight is 421 g/mol. The quantitative estimate of drug-likeness (QED) is 0.783. The number of carbonyl (C=O) groups is 2. The van der Waals surface area contributed by atoms with E-state index in [0.29, 0.717) is 36.7 Å². The molecular weight excluding hydrogens is 384 g/mol. The van der Waals surface area contributed by atoms with Crippen LogP contribution in [0.3, 0.4) is 0 Å². The summed E-state index contributed by atoms with van der Waals surface area (Å²) in [6, 6.07) is 5.00. The Kier molecular flexibility index (Phi) is 8.92. The summed E-state index contributed by atoms with van der Waals surface area (Å²) in [6.07, 6.45) is 0.786. The van der Waals surface area contributed by atoms with Crippen LogP contribution in [0.15, 0.2) is 18.2 Å². The molecule has 0 saturated heterocycles. The maximum Gasteiger partial charge on any atom is 0.319 e. The van der Waals surface area contributed by atoms with Gasteiger partial charge >= 0.3 is 6.03 Å². The molecule has 8 heteroatoms. The minimum absolute atomic E-state index is 0.0689. The molecular formula is C22H36N4O4. The summed E-state index contributed by atoms with van der Waals surface area (Å²) in [4.78, 5) is 29.0. The number of nitrogens with zero attached hydrogens (tertiary/aromatic N) is 2. The molecule has 0 radical (unpaired) electrons. The second kappa shape index (κ2) is 11.2. The molecule has 8 nitrogen and oxygen atoms in total. The van der Waals surface area contributed by atoms with Gasteiger partial charge in [0.25, 0.3) is 5.91 Å². The van der Waals surface area contributed by atoms with Crippen molar-refractivity contribution in [1.29, 1.82) is 0 Å². The standard InChI is InChI=1S/C22H36N4O4/c1-7-10-23-22(28)24-17-8-9-18-19(11-17)30-14-16(3)25(4)12-15(2)20(29-6)13-26(5)21(18)27/h8-9,11,15-16,20H,7,10,12-14H2,1-6H3,(H2,23,24,28)/t15-,16-,20-/m0/s1. The Labute approximate surface area is 179 Å². The lowest BCUT2D eigenvalue weighted by Gasteiger charge is -2.34. The molecule has 2 N–H and O–H groups in total. The molecule has 2 rings (SSSR count). The number of methoxy groups -OCH3 is 1. The lowest BCUT2D eigenvalue weighted by atomic mass is 10.0. The Morgan fingerprint density at radius 1 is 1.27 bits per heavy atom. The number of rotatable bonds is 4. The monoisotopic (exact) mass is 420 g/mol. The van der Waals surface area contributed by atoms with Gasteiger partial charge in [-0.2, -0.15) is 0 Å². The maximum atomic E-state index is 13.1. The highest BCUT2D eigenvalue weighted by Crippen LogP contribution is 2.26. The molecule has 0 unspecified atom stereocenters. The topological polar surface area (TPSA) is 83.1 Å². The molecule has 30 heavy (non-hydrogen) atoms. The Morgan fingerprint density at radius 2 is 2.00 bits per heavy atom.